The van der Waals surface area contributed by atoms with E-state index in [9.17, 15) is 4.79 Å². The van der Waals surface area contributed by atoms with Gasteiger partial charge in [0.05, 0.1) is 54.7 Å². The van der Waals surface area contributed by atoms with Crippen molar-refractivity contribution in [1.29, 1.82) is 0 Å². The predicted molar refractivity (Wildman–Crippen MR) is 225 cm³/mol. The number of esters is 1. The van der Waals surface area contributed by atoms with E-state index in [1.807, 2.05) is 54.6 Å². The zero-order chi connectivity index (χ0) is 41.6. The van der Waals surface area contributed by atoms with Crippen molar-refractivity contribution >= 4 is 11.9 Å². The monoisotopic (exact) mass is 816 g/mol. The Bertz CT molecular complexity index is 1780. The summed E-state index contributed by atoms with van der Waals surface area (Å²) in [7, 11) is 7.99. The van der Waals surface area contributed by atoms with Gasteiger partial charge >= 0.3 is 5.97 Å². The van der Waals surface area contributed by atoms with Gasteiger partial charge in [-0.25, -0.2) is 4.79 Å². The number of carbonyl (C=O) groups is 2. The molecule has 322 valence electrons. The van der Waals surface area contributed by atoms with Gasteiger partial charge < -0.3 is 42.8 Å². The third-order valence-corrected chi connectivity index (χ3v) is 12.2. The lowest BCUT2D eigenvalue weighted by Gasteiger charge is -2.38. The molecule has 2 heterocycles. The van der Waals surface area contributed by atoms with Crippen molar-refractivity contribution in [2.75, 3.05) is 81.5 Å². The molecule has 0 N–H and O–H groups in total. The summed E-state index contributed by atoms with van der Waals surface area (Å²) in [4.78, 5) is 33.8. The number of nitrogens with zero attached hydrogens (tertiary/aromatic N) is 2. The molecule has 3 fully saturated rings. The molecule has 3 aliphatic rings. The largest absolute Gasteiger partial charge is 0.493 e. The molecule has 1 saturated carbocycles. The fraction of sp³-hybridized carbons (Fsp3) is 0.574. The number of rotatable bonds is 19. The SMILES string of the molecule is COc1ccc(CC[C@@H](OC(=O)[C@@H]2CCCCN2C(=O)[C@H](CC2CCCCC2)c2cc(OC)c(OC)c(OC)c2)c2cccc(OCCN3CCOCC3)c2)cc1OC. The lowest BCUT2D eigenvalue weighted by atomic mass is 9.79. The molecular formula is C47H64N2O10. The Hall–Kier alpha value is -4.68. The van der Waals surface area contributed by atoms with Crippen LogP contribution in [0.1, 0.15) is 92.9 Å². The van der Waals surface area contributed by atoms with E-state index in [0.29, 0.717) is 79.2 Å². The van der Waals surface area contributed by atoms with Gasteiger partial charge in [0.2, 0.25) is 11.7 Å². The van der Waals surface area contributed by atoms with Crippen LogP contribution in [0.15, 0.2) is 54.6 Å². The van der Waals surface area contributed by atoms with Crippen LogP contribution in [-0.2, 0) is 25.5 Å². The molecule has 3 aromatic rings. The first-order valence-electron chi connectivity index (χ1n) is 21.4. The normalized spacial score (nSPS) is 18.7. The molecule has 2 saturated heterocycles. The lowest BCUT2D eigenvalue weighted by Crippen LogP contribution is -2.50. The quantitative estimate of drug-likeness (QED) is 0.111. The molecule has 12 nitrogen and oxygen atoms in total. The van der Waals surface area contributed by atoms with Crippen LogP contribution in [0.3, 0.4) is 0 Å². The van der Waals surface area contributed by atoms with E-state index < -0.39 is 24.0 Å². The van der Waals surface area contributed by atoms with Gasteiger partial charge in [0, 0.05) is 26.2 Å². The van der Waals surface area contributed by atoms with Crippen LogP contribution in [0.4, 0.5) is 0 Å². The molecule has 0 spiro atoms. The van der Waals surface area contributed by atoms with Gasteiger partial charge in [-0.1, -0.05) is 50.3 Å². The summed E-state index contributed by atoms with van der Waals surface area (Å²) in [6, 6.07) is 16.8. The van der Waals surface area contributed by atoms with Crippen LogP contribution in [0.25, 0.3) is 0 Å². The van der Waals surface area contributed by atoms with Gasteiger partial charge in [-0.15, -0.1) is 0 Å². The van der Waals surface area contributed by atoms with Crippen molar-refractivity contribution in [3.05, 3.63) is 71.3 Å². The van der Waals surface area contributed by atoms with E-state index in [-0.39, 0.29) is 5.91 Å². The molecule has 0 radical (unpaired) electrons. The summed E-state index contributed by atoms with van der Waals surface area (Å²) in [6.45, 7) is 5.07. The van der Waals surface area contributed by atoms with Gasteiger partial charge in [0.15, 0.2) is 23.0 Å². The number of morpholine rings is 1. The van der Waals surface area contributed by atoms with Crippen LogP contribution in [0, 0.1) is 5.92 Å². The van der Waals surface area contributed by atoms with Gasteiger partial charge in [-0.3, -0.25) is 9.69 Å². The Kier molecular flexibility index (Phi) is 16.4. The summed E-state index contributed by atoms with van der Waals surface area (Å²) in [6.07, 6.45) is 9.07. The third-order valence-electron chi connectivity index (χ3n) is 12.2. The summed E-state index contributed by atoms with van der Waals surface area (Å²) < 4.78 is 46.4. The summed E-state index contributed by atoms with van der Waals surface area (Å²) in [5.41, 5.74) is 2.65. The third kappa shape index (κ3) is 11.5. The van der Waals surface area contributed by atoms with Crippen molar-refractivity contribution in [2.24, 2.45) is 5.92 Å². The average molecular weight is 817 g/mol. The second kappa shape index (κ2) is 22.1. The summed E-state index contributed by atoms with van der Waals surface area (Å²) in [5, 5.41) is 0. The van der Waals surface area contributed by atoms with E-state index in [4.69, 9.17) is 37.9 Å². The average Bonchev–Trinajstić information content (AvgIpc) is 3.29. The Morgan fingerprint density at radius 2 is 1.44 bits per heavy atom. The van der Waals surface area contributed by atoms with Crippen LogP contribution in [-0.4, -0.2) is 109 Å². The maximum atomic E-state index is 15.0. The van der Waals surface area contributed by atoms with Crippen molar-refractivity contribution in [2.45, 2.75) is 88.7 Å². The molecule has 12 heteroatoms. The van der Waals surface area contributed by atoms with E-state index in [2.05, 4.69) is 4.90 Å². The Labute approximate surface area is 350 Å². The molecule has 0 aromatic heterocycles. The molecule has 0 bridgehead atoms. The second-order valence-electron chi connectivity index (χ2n) is 15.8. The van der Waals surface area contributed by atoms with Crippen molar-refractivity contribution < 1.29 is 47.5 Å². The number of amides is 1. The maximum absolute atomic E-state index is 15.0. The zero-order valence-electron chi connectivity index (χ0n) is 35.7. The molecule has 3 atom stereocenters. The van der Waals surface area contributed by atoms with E-state index in [1.165, 1.54) is 6.42 Å². The first-order chi connectivity index (χ1) is 28.8. The van der Waals surface area contributed by atoms with Crippen molar-refractivity contribution in [1.82, 2.24) is 9.80 Å². The van der Waals surface area contributed by atoms with E-state index in [0.717, 1.165) is 88.1 Å². The number of likely N-dealkylation sites (tertiary alicyclic amines) is 1. The van der Waals surface area contributed by atoms with E-state index >= 15 is 4.79 Å². The minimum atomic E-state index is -0.719. The number of ether oxygens (including phenoxy) is 8. The lowest BCUT2D eigenvalue weighted by molar-refractivity contribution is -0.162. The molecule has 0 unspecified atom stereocenters. The number of benzene rings is 3. The molecule has 6 rings (SSSR count). The predicted octanol–water partition coefficient (Wildman–Crippen LogP) is 7.79. The molecule has 3 aromatic carbocycles. The highest BCUT2D eigenvalue weighted by Gasteiger charge is 2.39. The Morgan fingerprint density at radius 3 is 2.14 bits per heavy atom. The van der Waals surface area contributed by atoms with Crippen LogP contribution in [0.2, 0.25) is 0 Å². The fourth-order valence-electron chi connectivity index (χ4n) is 8.85. The van der Waals surface area contributed by atoms with Crippen molar-refractivity contribution in [3.63, 3.8) is 0 Å². The molecular weight excluding hydrogens is 753 g/mol. The smallest absolute Gasteiger partial charge is 0.329 e. The van der Waals surface area contributed by atoms with E-state index in [1.54, 1.807) is 40.4 Å². The minimum absolute atomic E-state index is 0.0657. The minimum Gasteiger partial charge on any atom is -0.493 e. The number of hydrogen-bond acceptors (Lipinski definition) is 11. The van der Waals surface area contributed by atoms with Gasteiger partial charge in [0.1, 0.15) is 24.5 Å². The molecule has 1 aliphatic carbocycles. The van der Waals surface area contributed by atoms with Crippen LogP contribution in [0.5, 0.6) is 34.5 Å². The number of methoxy groups -OCH3 is 5. The highest BCUT2D eigenvalue weighted by Crippen LogP contribution is 2.43. The first kappa shape index (κ1) is 43.9. The standard InChI is InChI=1S/C47H64N2O10/c1-52-41-20-18-34(29-42(41)53-2)17-19-40(35-14-11-15-37(30-35)58-27-24-48-22-25-57-26-23-48)59-47(51)39-16-9-10-21-49(39)46(50)38(28-33-12-7-6-8-13-33)36-31-43(54-3)45(56-5)44(32-36)55-4/h11,14-15,18,20,29-33,38-40H,6-10,12-13,16-17,19,21-28H2,1-5H3/t38-,39+,40-/m1/s1. The number of carbonyl (C=O) groups excluding carboxylic acids is 2. The molecule has 1 amide bonds. The van der Waals surface area contributed by atoms with Crippen molar-refractivity contribution in [3.8, 4) is 34.5 Å². The first-order valence-corrected chi connectivity index (χ1v) is 21.4. The highest BCUT2D eigenvalue weighted by molar-refractivity contribution is 5.89. The van der Waals surface area contributed by atoms with Gasteiger partial charge in [0.25, 0.3) is 0 Å². The molecule has 2 aliphatic heterocycles. The molecule has 59 heavy (non-hydrogen) atoms. The van der Waals surface area contributed by atoms with Crippen LogP contribution < -0.4 is 28.4 Å². The Morgan fingerprint density at radius 1 is 0.729 bits per heavy atom. The number of aryl methyl sites for hydroxylation is 1. The zero-order valence-corrected chi connectivity index (χ0v) is 35.7. The number of piperidine rings is 1. The Balaban J connectivity index is 1.25. The number of hydrogen-bond donors (Lipinski definition) is 0. The summed E-state index contributed by atoms with van der Waals surface area (Å²) >= 11 is 0. The summed E-state index contributed by atoms with van der Waals surface area (Å²) in [5.74, 6) is 2.94. The highest BCUT2D eigenvalue weighted by atomic mass is 16.5. The topological polar surface area (TPSA) is 114 Å². The second-order valence-corrected chi connectivity index (χ2v) is 15.8. The van der Waals surface area contributed by atoms with Gasteiger partial charge in [-0.05, 0) is 97.5 Å². The fourth-order valence-corrected chi connectivity index (χ4v) is 8.85. The maximum Gasteiger partial charge on any atom is 0.329 e. The van der Waals surface area contributed by atoms with Gasteiger partial charge in [-0.2, -0.15) is 0 Å². The van der Waals surface area contributed by atoms with Crippen LogP contribution >= 0.6 is 0 Å².